The number of anilines is 1. The zero-order valence-corrected chi connectivity index (χ0v) is 21.5. The number of carbonyl (C=O) groups excluding carboxylic acids is 1. The number of rotatable bonds is 6. The van der Waals surface area contributed by atoms with Gasteiger partial charge >= 0.3 is 12.2 Å². The van der Waals surface area contributed by atoms with Crippen molar-refractivity contribution in [3.05, 3.63) is 63.6 Å². The van der Waals surface area contributed by atoms with E-state index in [4.69, 9.17) is 23.2 Å². The van der Waals surface area contributed by atoms with Gasteiger partial charge in [0.05, 0.1) is 11.6 Å². The number of urea groups is 1. The number of carbonyl (C=O) groups is 1. The van der Waals surface area contributed by atoms with Crippen LogP contribution in [0.3, 0.4) is 0 Å². The van der Waals surface area contributed by atoms with Gasteiger partial charge in [0, 0.05) is 54.5 Å². The third kappa shape index (κ3) is 7.28. The lowest BCUT2D eigenvalue weighted by Gasteiger charge is -2.43. The first-order valence-electron chi connectivity index (χ1n) is 12.4. The van der Waals surface area contributed by atoms with Crippen molar-refractivity contribution in [3.63, 3.8) is 0 Å². The molecule has 2 N–H and O–H groups in total. The fraction of sp³-hybridized carbons (Fsp3) is 0.500. The van der Waals surface area contributed by atoms with Gasteiger partial charge in [-0.15, -0.1) is 0 Å². The van der Waals surface area contributed by atoms with Crippen LogP contribution < -0.4 is 10.6 Å². The summed E-state index contributed by atoms with van der Waals surface area (Å²) < 4.78 is 39.3. The summed E-state index contributed by atoms with van der Waals surface area (Å²) in [5.74, 6) is 0. The standard InChI is InChI=1S/C26H31Cl2F3N4O/c27-20-14-21(28)16-22(15-20)33-25(36)32-17-24(18-6-8-19(9-7-18)26(29,30)31)35-12-10-34(11-13-35)23-4-2-1-3-5-23/h6-9,14-16,23-24H,1-5,10-13,17H2,(H2,32,33,36). The highest BCUT2D eigenvalue weighted by atomic mass is 35.5. The van der Waals surface area contributed by atoms with E-state index >= 15 is 0 Å². The quantitative estimate of drug-likeness (QED) is 0.420. The minimum atomic E-state index is -4.39. The second-order valence-corrected chi connectivity index (χ2v) is 10.4. The van der Waals surface area contributed by atoms with E-state index in [-0.39, 0.29) is 12.6 Å². The second kappa shape index (κ2) is 12.0. The topological polar surface area (TPSA) is 47.6 Å². The van der Waals surface area contributed by atoms with Gasteiger partial charge in [-0.2, -0.15) is 13.2 Å². The number of hydrogen-bond donors (Lipinski definition) is 2. The smallest absolute Gasteiger partial charge is 0.336 e. The summed E-state index contributed by atoms with van der Waals surface area (Å²) in [6, 6.07) is 9.91. The van der Waals surface area contributed by atoms with Crippen LogP contribution >= 0.6 is 23.2 Å². The highest BCUT2D eigenvalue weighted by Crippen LogP contribution is 2.32. The molecule has 196 valence electrons. The molecular formula is C26H31Cl2F3N4O. The molecular weight excluding hydrogens is 512 g/mol. The maximum Gasteiger partial charge on any atom is 0.416 e. The molecule has 1 saturated carbocycles. The van der Waals surface area contributed by atoms with Gasteiger partial charge in [-0.3, -0.25) is 9.80 Å². The number of nitrogens with zero attached hydrogens (tertiary/aromatic N) is 2. The molecule has 4 rings (SSSR count). The first-order chi connectivity index (χ1) is 17.2. The lowest BCUT2D eigenvalue weighted by Crippen LogP contribution is -2.53. The van der Waals surface area contributed by atoms with E-state index in [1.807, 2.05) is 0 Å². The van der Waals surface area contributed by atoms with E-state index in [2.05, 4.69) is 20.4 Å². The molecule has 2 amide bonds. The van der Waals surface area contributed by atoms with Crippen LogP contribution in [0.15, 0.2) is 42.5 Å². The minimum absolute atomic E-state index is 0.245. The van der Waals surface area contributed by atoms with E-state index in [0.29, 0.717) is 21.8 Å². The number of nitrogens with one attached hydrogen (secondary N) is 2. The normalized spacial score (nSPS) is 19.1. The second-order valence-electron chi connectivity index (χ2n) is 9.49. The minimum Gasteiger partial charge on any atom is -0.336 e. The van der Waals surface area contributed by atoms with Crippen molar-refractivity contribution in [1.29, 1.82) is 0 Å². The summed E-state index contributed by atoms with van der Waals surface area (Å²) in [6.07, 6.45) is 1.93. The fourth-order valence-corrected chi connectivity index (χ4v) is 5.73. The molecule has 1 aliphatic heterocycles. The van der Waals surface area contributed by atoms with E-state index in [1.165, 1.54) is 44.2 Å². The van der Waals surface area contributed by atoms with Crippen LogP contribution in [0.25, 0.3) is 0 Å². The molecule has 36 heavy (non-hydrogen) atoms. The van der Waals surface area contributed by atoms with Crippen molar-refractivity contribution in [2.24, 2.45) is 0 Å². The molecule has 0 aromatic heterocycles. The van der Waals surface area contributed by atoms with E-state index in [0.717, 1.165) is 43.9 Å². The number of benzene rings is 2. The molecule has 0 radical (unpaired) electrons. The summed E-state index contributed by atoms with van der Waals surface area (Å²) >= 11 is 12.0. The van der Waals surface area contributed by atoms with E-state index in [9.17, 15) is 18.0 Å². The van der Waals surface area contributed by atoms with Crippen LogP contribution in [0, 0.1) is 0 Å². The van der Waals surface area contributed by atoms with Crippen LogP contribution in [-0.2, 0) is 6.18 Å². The molecule has 1 heterocycles. The molecule has 1 saturated heterocycles. The molecule has 1 unspecified atom stereocenters. The van der Waals surface area contributed by atoms with Crippen LogP contribution in [-0.4, -0.2) is 54.6 Å². The van der Waals surface area contributed by atoms with Crippen molar-refractivity contribution >= 4 is 34.9 Å². The van der Waals surface area contributed by atoms with Crippen LogP contribution in [0.4, 0.5) is 23.7 Å². The molecule has 1 aliphatic carbocycles. The molecule has 10 heteroatoms. The highest BCUT2D eigenvalue weighted by Gasteiger charge is 2.32. The SMILES string of the molecule is O=C(NCC(c1ccc(C(F)(F)F)cc1)N1CCN(C2CCCCC2)CC1)Nc1cc(Cl)cc(Cl)c1. The zero-order chi connectivity index (χ0) is 25.7. The number of piperazine rings is 1. The Balaban J connectivity index is 1.43. The summed E-state index contributed by atoms with van der Waals surface area (Å²) in [7, 11) is 0. The maximum absolute atomic E-state index is 13.1. The molecule has 2 aromatic carbocycles. The monoisotopic (exact) mass is 542 g/mol. The van der Waals surface area contributed by atoms with Crippen LogP contribution in [0.1, 0.15) is 49.3 Å². The molecule has 2 aromatic rings. The summed E-state index contributed by atoms with van der Waals surface area (Å²) in [6.45, 7) is 3.64. The average molecular weight is 543 g/mol. The predicted octanol–water partition coefficient (Wildman–Crippen LogP) is 6.83. The first kappa shape index (κ1) is 27.0. The lowest BCUT2D eigenvalue weighted by atomic mass is 9.93. The third-order valence-corrected chi connectivity index (χ3v) is 7.52. The van der Waals surface area contributed by atoms with Gasteiger partial charge in [0.2, 0.25) is 0 Å². The third-order valence-electron chi connectivity index (χ3n) is 7.08. The summed E-state index contributed by atoms with van der Waals surface area (Å²) in [5, 5.41) is 6.39. The van der Waals surface area contributed by atoms with Gasteiger partial charge < -0.3 is 10.6 Å². The molecule has 2 aliphatic rings. The Labute approximate surface area is 219 Å². The number of halogens is 5. The predicted molar refractivity (Wildman–Crippen MR) is 138 cm³/mol. The van der Waals surface area contributed by atoms with E-state index in [1.54, 1.807) is 18.2 Å². The van der Waals surface area contributed by atoms with Crippen molar-refractivity contribution < 1.29 is 18.0 Å². The van der Waals surface area contributed by atoms with Crippen LogP contribution in [0.2, 0.25) is 10.0 Å². The van der Waals surface area contributed by atoms with Gasteiger partial charge in [0.1, 0.15) is 0 Å². The van der Waals surface area contributed by atoms with Gasteiger partial charge in [-0.25, -0.2) is 4.79 Å². The van der Waals surface area contributed by atoms with Gasteiger partial charge in [0.15, 0.2) is 0 Å². The molecule has 0 bridgehead atoms. The highest BCUT2D eigenvalue weighted by molar-refractivity contribution is 6.35. The van der Waals surface area contributed by atoms with E-state index < -0.39 is 17.8 Å². The Hall–Kier alpha value is -2.00. The molecule has 0 spiro atoms. The van der Waals surface area contributed by atoms with Crippen molar-refractivity contribution in [3.8, 4) is 0 Å². The Bertz CT molecular complexity index is 1000. The molecule has 2 fully saturated rings. The number of hydrogen-bond acceptors (Lipinski definition) is 3. The largest absolute Gasteiger partial charge is 0.416 e. The fourth-order valence-electron chi connectivity index (χ4n) is 5.20. The zero-order valence-electron chi connectivity index (χ0n) is 20.0. The summed E-state index contributed by atoms with van der Waals surface area (Å²) in [5.41, 5.74) is 0.507. The Morgan fingerprint density at radius 1 is 0.944 bits per heavy atom. The number of amides is 2. The number of alkyl halides is 3. The van der Waals surface area contributed by atoms with Crippen molar-refractivity contribution in [2.75, 3.05) is 38.0 Å². The lowest BCUT2D eigenvalue weighted by molar-refractivity contribution is -0.137. The average Bonchev–Trinajstić information content (AvgIpc) is 2.84. The molecule has 5 nitrogen and oxygen atoms in total. The Morgan fingerprint density at radius 3 is 2.14 bits per heavy atom. The van der Waals surface area contributed by atoms with Crippen molar-refractivity contribution in [1.82, 2.24) is 15.1 Å². The Kier molecular flexibility index (Phi) is 9.04. The maximum atomic E-state index is 13.1. The summed E-state index contributed by atoms with van der Waals surface area (Å²) in [4.78, 5) is 17.4. The van der Waals surface area contributed by atoms with Crippen LogP contribution in [0.5, 0.6) is 0 Å². The Morgan fingerprint density at radius 2 is 1.56 bits per heavy atom. The molecule has 1 atom stereocenters. The van der Waals surface area contributed by atoms with Crippen molar-refractivity contribution in [2.45, 2.75) is 50.4 Å². The van der Waals surface area contributed by atoms with Gasteiger partial charge in [0.25, 0.3) is 0 Å². The van der Waals surface area contributed by atoms with Gasteiger partial charge in [-0.1, -0.05) is 54.6 Å². The van der Waals surface area contributed by atoms with Gasteiger partial charge in [-0.05, 0) is 48.7 Å². The first-order valence-corrected chi connectivity index (χ1v) is 13.1.